The van der Waals surface area contributed by atoms with Crippen LogP contribution < -0.4 is 16.6 Å². The maximum atomic E-state index is 12.9. The van der Waals surface area contributed by atoms with Crippen molar-refractivity contribution >= 4 is 33.4 Å². The van der Waals surface area contributed by atoms with Crippen LogP contribution in [0.3, 0.4) is 0 Å². The van der Waals surface area contributed by atoms with Crippen LogP contribution in [0.4, 0.5) is 5.82 Å². The van der Waals surface area contributed by atoms with Crippen molar-refractivity contribution in [1.29, 1.82) is 0 Å². The smallest absolute Gasteiger partial charge is 0.293 e. The SMILES string of the molecule is NC(=O)C#Cc1c[nH]c(=O)c2c1nc(NCc1ccccn1)c1ccc(-c3cn[nH]c3)cc12. The Hall–Kier alpha value is -4.97. The summed E-state index contributed by atoms with van der Waals surface area (Å²) in [7, 11) is 0. The first kappa shape index (κ1) is 20.0. The number of nitrogens with one attached hydrogen (secondary N) is 3. The van der Waals surface area contributed by atoms with Gasteiger partial charge < -0.3 is 16.0 Å². The van der Waals surface area contributed by atoms with Gasteiger partial charge in [-0.25, -0.2) is 4.98 Å². The molecular formula is C24H17N7O2. The molecule has 1 aromatic carbocycles. The summed E-state index contributed by atoms with van der Waals surface area (Å²) in [6.45, 7) is 0.434. The van der Waals surface area contributed by atoms with E-state index in [9.17, 15) is 9.59 Å². The molecule has 0 bridgehead atoms. The first-order valence-electron chi connectivity index (χ1n) is 10.0. The van der Waals surface area contributed by atoms with Gasteiger partial charge in [0.05, 0.1) is 34.9 Å². The van der Waals surface area contributed by atoms with Crippen LogP contribution in [0.2, 0.25) is 0 Å². The number of rotatable bonds is 4. The minimum Gasteiger partial charge on any atom is -0.364 e. The molecule has 9 heteroatoms. The number of hydrogen-bond acceptors (Lipinski definition) is 6. The molecule has 0 atom stereocenters. The number of carbonyl (C=O) groups excluding carboxylic acids is 1. The van der Waals surface area contributed by atoms with E-state index in [1.54, 1.807) is 18.6 Å². The van der Waals surface area contributed by atoms with Gasteiger partial charge in [-0.05, 0) is 23.8 Å². The Balaban J connectivity index is 1.77. The lowest BCUT2D eigenvalue weighted by atomic mass is 10.00. The first-order valence-corrected chi connectivity index (χ1v) is 10.0. The summed E-state index contributed by atoms with van der Waals surface area (Å²) in [5.41, 5.74) is 8.23. The van der Waals surface area contributed by atoms with E-state index in [0.29, 0.717) is 34.2 Å². The standard InChI is InChI=1S/C24H17N7O2/c25-20(32)7-5-15-10-28-24(33)21-19-9-14(16-11-29-30-12-16)4-6-18(19)23(31-22(15)21)27-13-17-3-1-2-8-26-17/h1-4,6,8-12H,13H2,(H2,25,32)(H,27,31)(H,28,33)(H,29,30). The van der Waals surface area contributed by atoms with Crippen LogP contribution in [0, 0.1) is 11.8 Å². The Kier molecular flexibility index (Phi) is 5.01. The molecular weight excluding hydrogens is 418 g/mol. The van der Waals surface area contributed by atoms with Crippen LogP contribution in [-0.2, 0) is 11.3 Å². The summed E-state index contributed by atoms with van der Waals surface area (Å²) in [5, 5.41) is 11.9. The molecule has 4 heterocycles. The number of aromatic amines is 2. The van der Waals surface area contributed by atoms with Crippen molar-refractivity contribution in [2.24, 2.45) is 5.73 Å². The maximum absolute atomic E-state index is 12.9. The minimum absolute atomic E-state index is 0.312. The van der Waals surface area contributed by atoms with Crippen molar-refractivity contribution in [3.63, 3.8) is 0 Å². The number of primary amides is 1. The second kappa shape index (κ2) is 8.28. The number of aromatic nitrogens is 5. The summed E-state index contributed by atoms with van der Waals surface area (Å²) in [4.78, 5) is 35.8. The molecule has 0 aliphatic heterocycles. The molecule has 0 spiro atoms. The first-order chi connectivity index (χ1) is 16.1. The molecule has 0 aliphatic carbocycles. The lowest BCUT2D eigenvalue weighted by Crippen LogP contribution is -2.11. The number of hydrogen-bond donors (Lipinski definition) is 4. The van der Waals surface area contributed by atoms with Crippen molar-refractivity contribution in [3.8, 4) is 23.0 Å². The van der Waals surface area contributed by atoms with E-state index in [1.165, 1.54) is 6.20 Å². The molecule has 0 unspecified atom stereocenters. The average Bonchev–Trinajstić information content (AvgIpc) is 3.37. The lowest BCUT2D eigenvalue weighted by molar-refractivity contribution is -0.112. The molecule has 5 aromatic rings. The highest BCUT2D eigenvalue weighted by molar-refractivity contribution is 6.12. The lowest BCUT2D eigenvalue weighted by Gasteiger charge is -2.13. The third-order valence-corrected chi connectivity index (χ3v) is 5.15. The molecule has 0 saturated carbocycles. The number of anilines is 1. The summed E-state index contributed by atoms with van der Waals surface area (Å²) in [5.74, 6) is 4.82. The normalized spacial score (nSPS) is 10.7. The summed E-state index contributed by atoms with van der Waals surface area (Å²) in [6.07, 6.45) is 6.64. The Morgan fingerprint density at radius 2 is 2.03 bits per heavy atom. The van der Waals surface area contributed by atoms with Crippen LogP contribution in [0.15, 0.2) is 66.0 Å². The van der Waals surface area contributed by atoms with Gasteiger partial charge in [-0.15, -0.1) is 0 Å². The third-order valence-electron chi connectivity index (χ3n) is 5.15. The fourth-order valence-corrected chi connectivity index (χ4v) is 3.64. The van der Waals surface area contributed by atoms with Crippen LogP contribution in [0.1, 0.15) is 11.3 Å². The molecule has 0 radical (unpaired) electrons. The Labute approximate surface area is 187 Å². The van der Waals surface area contributed by atoms with Gasteiger partial charge in [0.15, 0.2) is 0 Å². The summed E-state index contributed by atoms with van der Waals surface area (Å²) >= 11 is 0. The number of H-pyrrole nitrogens is 2. The molecule has 0 saturated heterocycles. The topological polar surface area (TPSA) is 142 Å². The van der Waals surface area contributed by atoms with Gasteiger partial charge in [0.2, 0.25) is 0 Å². The maximum Gasteiger partial charge on any atom is 0.293 e. The summed E-state index contributed by atoms with van der Waals surface area (Å²) in [6, 6.07) is 11.4. The van der Waals surface area contributed by atoms with Gasteiger partial charge in [0.1, 0.15) is 5.82 Å². The third kappa shape index (κ3) is 3.88. The number of fused-ring (bicyclic) bond motifs is 3. The van der Waals surface area contributed by atoms with Gasteiger partial charge in [-0.1, -0.05) is 24.1 Å². The summed E-state index contributed by atoms with van der Waals surface area (Å²) < 4.78 is 0. The second-order valence-corrected chi connectivity index (χ2v) is 7.25. The van der Waals surface area contributed by atoms with Crippen LogP contribution in [-0.4, -0.2) is 31.1 Å². The zero-order valence-electron chi connectivity index (χ0n) is 17.2. The van der Waals surface area contributed by atoms with E-state index >= 15 is 0 Å². The average molecular weight is 435 g/mol. The minimum atomic E-state index is -0.772. The van der Waals surface area contributed by atoms with E-state index in [1.807, 2.05) is 36.4 Å². The fraction of sp³-hybridized carbons (Fsp3) is 0.0417. The fourth-order valence-electron chi connectivity index (χ4n) is 3.64. The van der Waals surface area contributed by atoms with E-state index < -0.39 is 5.91 Å². The highest BCUT2D eigenvalue weighted by atomic mass is 16.1. The van der Waals surface area contributed by atoms with Crippen LogP contribution in [0.5, 0.6) is 0 Å². The molecule has 5 N–H and O–H groups in total. The van der Waals surface area contributed by atoms with Crippen molar-refractivity contribution in [1.82, 2.24) is 25.1 Å². The highest BCUT2D eigenvalue weighted by Crippen LogP contribution is 2.32. The van der Waals surface area contributed by atoms with Gasteiger partial charge in [0, 0.05) is 40.8 Å². The Morgan fingerprint density at radius 3 is 2.79 bits per heavy atom. The number of pyridine rings is 3. The Morgan fingerprint density at radius 1 is 1.12 bits per heavy atom. The van der Waals surface area contributed by atoms with E-state index in [0.717, 1.165) is 22.2 Å². The van der Waals surface area contributed by atoms with Crippen molar-refractivity contribution in [2.45, 2.75) is 6.54 Å². The number of amides is 1. The Bertz CT molecular complexity index is 1610. The predicted molar refractivity (Wildman–Crippen MR) is 125 cm³/mol. The largest absolute Gasteiger partial charge is 0.364 e. The molecule has 0 aliphatic rings. The van der Waals surface area contributed by atoms with E-state index in [2.05, 4.69) is 37.3 Å². The molecule has 160 valence electrons. The highest BCUT2D eigenvalue weighted by Gasteiger charge is 2.15. The van der Waals surface area contributed by atoms with Crippen molar-refractivity contribution in [2.75, 3.05) is 5.32 Å². The predicted octanol–water partition coefficient (Wildman–Crippen LogP) is 2.31. The van der Waals surface area contributed by atoms with E-state index in [-0.39, 0.29) is 5.56 Å². The number of carbonyl (C=O) groups is 1. The van der Waals surface area contributed by atoms with Gasteiger partial charge >= 0.3 is 0 Å². The quantitative estimate of drug-likeness (QED) is 0.252. The molecule has 1 amide bonds. The number of nitrogens with zero attached hydrogens (tertiary/aromatic N) is 3. The second-order valence-electron chi connectivity index (χ2n) is 7.25. The monoisotopic (exact) mass is 435 g/mol. The zero-order chi connectivity index (χ0) is 22.8. The molecule has 33 heavy (non-hydrogen) atoms. The van der Waals surface area contributed by atoms with Gasteiger partial charge in [-0.3, -0.25) is 19.7 Å². The van der Waals surface area contributed by atoms with Gasteiger partial charge in [0.25, 0.3) is 11.5 Å². The zero-order valence-corrected chi connectivity index (χ0v) is 17.2. The molecule has 5 rings (SSSR count). The molecule has 0 fully saturated rings. The number of nitrogens with two attached hydrogens (primary N) is 1. The number of benzene rings is 1. The molecule has 9 nitrogen and oxygen atoms in total. The van der Waals surface area contributed by atoms with E-state index in [4.69, 9.17) is 10.7 Å². The van der Waals surface area contributed by atoms with Crippen molar-refractivity contribution in [3.05, 3.63) is 82.8 Å². The van der Waals surface area contributed by atoms with Crippen molar-refractivity contribution < 1.29 is 4.79 Å². The van der Waals surface area contributed by atoms with Crippen LogP contribution >= 0.6 is 0 Å². The van der Waals surface area contributed by atoms with Gasteiger partial charge in [-0.2, -0.15) is 5.10 Å². The van der Waals surface area contributed by atoms with Crippen LogP contribution in [0.25, 0.3) is 32.8 Å². The molecule has 4 aromatic heterocycles.